The van der Waals surface area contributed by atoms with Crippen LogP contribution in [-0.2, 0) is 6.54 Å². The molecule has 2 aromatic rings. The number of hydrogen-bond donors (Lipinski definition) is 0. The maximum absolute atomic E-state index is 11.8. The van der Waals surface area contributed by atoms with E-state index in [1.807, 2.05) is 12.3 Å². The van der Waals surface area contributed by atoms with E-state index in [2.05, 4.69) is 45.0 Å². The quantitative estimate of drug-likeness (QED) is 0.808. The van der Waals surface area contributed by atoms with Crippen LogP contribution in [0.1, 0.15) is 36.5 Å². The van der Waals surface area contributed by atoms with Crippen LogP contribution in [0.15, 0.2) is 47.4 Å². The summed E-state index contributed by atoms with van der Waals surface area (Å²) in [5.41, 5.74) is 3.65. The van der Waals surface area contributed by atoms with Gasteiger partial charge in [0.25, 0.3) is 5.56 Å². The van der Waals surface area contributed by atoms with Crippen LogP contribution in [0.2, 0.25) is 0 Å². The molecule has 0 unspecified atom stereocenters. The summed E-state index contributed by atoms with van der Waals surface area (Å²) in [7, 11) is 0. The maximum atomic E-state index is 11.8. The van der Waals surface area contributed by atoms with Crippen LogP contribution in [0.3, 0.4) is 0 Å². The lowest BCUT2D eigenvalue weighted by molar-refractivity contribution is 0.732. The second kappa shape index (κ2) is 5.21. The largest absolute Gasteiger partial charge is 0.311 e. The minimum Gasteiger partial charge on any atom is -0.311 e. The van der Waals surface area contributed by atoms with Crippen molar-refractivity contribution in [1.82, 2.24) is 4.57 Å². The molecule has 0 aliphatic carbocycles. The Labute approximate surface area is 108 Å². The fourth-order valence-corrected chi connectivity index (χ4v) is 1.91. The molecule has 1 aromatic carbocycles. The van der Waals surface area contributed by atoms with Gasteiger partial charge in [-0.15, -0.1) is 0 Å². The lowest BCUT2D eigenvalue weighted by atomic mass is 10.1. The molecule has 0 spiro atoms. The van der Waals surface area contributed by atoms with E-state index < -0.39 is 0 Å². The Morgan fingerprint density at radius 3 is 2.33 bits per heavy atom. The lowest BCUT2D eigenvalue weighted by Gasteiger charge is -2.10. The van der Waals surface area contributed by atoms with Crippen LogP contribution in [0.4, 0.5) is 0 Å². The highest BCUT2D eigenvalue weighted by atomic mass is 16.1. The van der Waals surface area contributed by atoms with Gasteiger partial charge in [0.1, 0.15) is 0 Å². The van der Waals surface area contributed by atoms with Gasteiger partial charge in [-0.05, 0) is 24.0 Å². The first kappa shape index (κ1) is 12.6. The summed E-state index contributed by atoms with van der Waals surface area (Å²) >= 11 is 0. The van der Waals surface area contributed by atoms with Crippen molar-refractivity contribution >= 4 is 0 Å². The molecule has 18 heavy (non-hydrogen) atoms. The van der Waals surface area contributed by atoms with Crippen molar-refractivity contribution in [2.24, 2.45) is 0 Å². The van der Waals surface area contributed by atoms with E-state index in [0.29, 0.717) is 12.5 Å². The van der Waals surface area contributed by atoms with Gasteiger partial charge >= 0.3 is 0 Å². The van der Waals surface area contributed by atoms with Gasteiger partial charge in [0.05, 0.1) is 6.54 Å². The van der Waals surface area contributed by atoms with Crippen LogP contribution in [0.5, 0.6) is 0 Å². The first-order valence-electron chi connectivity index (χ1n) is 6.32. The Hall–Kier alpha value is -1.83. The van der Waals surface area contributed by atoms with E-state index >= 15 is 0 Å². The van der Waals surface area contributed by atoms with E-state index in [9.17, 15) is 4.79 Å². The van der Waals surface area contributed by atoms with Gasteiger partial charge in [-0.25, -0.2) is 0 Å². The molecule has 0 N–H and O–H groups in total. The molecule has 0 atom stereocenters. The van der Waals surface area contributed by atoms with E-state index in [4.69, 9.17) is 0 Å². The van der Waals surface area contributed by atoms with Gasteiger partial charge in [-0.3, -0.25) is 4.79 Å². The number of aromatic nitrogens is 1. The second-order valence-corrected chi connectivity index (χ2v) is 5.07. The Balaban J connectivity index is 2.30. The smallest absolute Gasteiger partial charge is 0.250 e. The number of benzene rings is 1. The summed E-state index contributed by atoms with van der Waals surface area (Å²) in [4.78, 5) is 11.8. The third-order valence-electron chi connectivity index (χ3n) is 3.15. The monoisotopic (exact) mass is 241 g/mol. The Morgan fingerprint density at radius 2 is 1.72 bits per heavy atom. The van der Waals surface area contributed by atoms with Crippen LogP contribution >= 0.6 is 0 Å². The molecule has 0 saturated heterocycles. The molecule has 0 fully saturated rings. The molecule has 0 saturated carbocycles. The summed E-state index contributed by atoms with van der Waals surface area (Å²) in [5, 5.41) is 0. The fourth-order valence-electron chi connectivity index (χ4n) is 1.91. The van der Waals surface area contributed by atoms with Crippen molar-refractivity contribution < 1.29 is 0 Å². The molecular formula is C16H19NO. The second-order valence-electron chi connectivity index (χ2n) is 5.07. The predicted molar refractivity (Wildman–Crippen MR) is 75.1 cm³/mol. The molecule has 0 radical (unpaired) electrons. The van der Waals surface area contributed by atoms with Crippen LogP contribution in [0.25, 0.3) is 0 Å². The summed E-state index contributed by atoms with van der Waals surface area (Å²) in [5.74, 6) is 0.440. The highest BCUT2D eigenvalue weighted by molar-refractivity contribution is 5.22. The number of nitrogens with zero attached hydrogens (tertiary/aromatic N) is 1. The molecule has 0 amide bonds. The average Bonchev–Trinajstić information content (AvgIpc) is 2.34. The third kappa shape index (κ3) is 2.89. The van der Waals surface area contributed by atoms with Crippen LogP contribution in [0, 0.1) is 6.92 Å². The zero-order valence-corrected chi connectivity index (χ0v) is 11.2. The predicted octanol–water partition coefficient (Wildman–Crippen LogP) is 3.33. The van der Waals surface area contributed by atoms with Crippen LogP contribution in [-0.4, -0.2) is 4.57 Å². The average molecular weight is 241 g/mol. The van der Waals surface area contributed by atoms with Crippen molar-refractivity contribution in [1.29, 1.82) is 0 Å². The van der Waals surface area contributed by atoms with Crippen molar-refractivity contribution in [2.45, 2.75) is 33.2 Å². The van der Waals surface area contributed by atoms with Gasteiger partial charge in [-0.1, -0.05) is 49.7 Å². The van der Waals surface area contributed by atoms with Gasteiger partial charge in [-0.2, -0.15) is 0 Å². The van der Waals surface area contributed by atoms with Gasteiger partial charge in [0.15, 0.2) is 0 Å². The Kier molecular flexibility index (Phi) is 3.66. The first-order valence-corrected chi connectivity index (χ1v) is 6.32. The molecule has 2 heteroatoms. The van der Waals surface area contributed by atoms with Crippen molar-refractivity contribution in [3.05, 3.63) is 69.6 Å². The summed E-state index contributed by atoms with van der Waals surface area (Å²) in [6, 6.07) is 11.9. The topological polar surface area (TPSA) is 22.0 Å². The fraction of sp³-hybridized carbons (Fsp3) is 0.312. The lowest BCUT2D eigenvalue weighted by Crippen LogP contribution is -2.19. The zero-order valence-electron chi connectivity index (χ0n) is 11.2. The van der Waals surface area contributed by atoms with Crippen LogP contribution < -0.4 is 5.56 Å². The van der Waals surface area contributed by atoms with Crippen molar-refractivity contribution in [2.75, 3.05) is 0 Å². The molecule has 2 nitrogen and oxygen atoms in total. The van der Waals surface area contributed by atoms with E-state index in [1.54, 1.807) is 10.6 Å². The number of pyridine rings is 1. The maximum Gasteiger partial charge on any atom is 0.250 e. The molecular weight excluding hydrogens is 222 g/mol. The van der Waals surface area contributed by atoms with Crippen molar-refractivity contribution in [3.63, 3.8) is 0 Å². The minimum absolute atomic E-state index is 0.0555. The van der Waals surface area contributed by atoms with Gasteiger partial charge in [0, 0.05) is 12.3 Å². The standard InChI is InChI=1S/C16H19NO/c1-12(2)15-8-9-16(18)17(11-15)10-14-6-4-13(3)5-7-14/h4-9,11-12H,10H2,1-3H3. The van der Waals surface area contributed by atoms with E-state index in [-0.39, 0.29) is 5.56 Å². The summed E-state index contributed by atoms with van der Waals surface area (Å²) < 4.78 is 1.78. The molecule has 0 aliphatic heterocycles. The molecule has 0 bridgehead atoms. The molecule has 2 rings (SSSR count). The highest BCUT2D eigenvalue weighted by Gasteiger charge is 2.03. The first-order chi connectivity index (χ1) is 8.56. The zero-order chi connectivity index (χ0) is 13.1. The molecule has 0 aliphatic rings. The Morgan fingerprint density at radius 1 is 1.06 bits per heavy atom. The summed E-state index contributed by atoms with van der Waals surface area (Å²) in [6.45, 7) is 6.97. The summed E-state index contributed by atoms with van der Waals surface area (Å²) in [6.07, 6.45) is 1.97. The molecule has 94 valence electrons. The highest BCUT2D eigenvalue weighted by Crippen LogP contribution is 2.12. The Bertz CT molecular complexity index is 579. The number of aryl methyl sites for hydroxylation is 1. The third-order valence-corrected chi connectivity index (χ3v) is 3.15. The van der Waals surface area contributed by atoms with Gasteiger partial charge < -0.3 is 4.57 Å². The minimum atomic E-state index is 0.0555. The number of rotatable bonds is 3. The molecule has 1 heterocycles. The molecule has 1 aromatic heterocycles. The number of hydrogen-bond acceptors (Lipinski definition) is 1. The van der Waals surface area contributed by atoms with E-state index in [1.165, 1.54) is 11.1 Å². The SMILES string of the molecule is Cc1ccc(Cn2cc(C(C)C)ccc2=O)cc1. The normalized spacial score (nSPS) is 10.9. The van der Waals surface area contributed by atoms with E-state index in [0.717, 1.165) is 5.56 Å². The van der Waals surface area contributed by atoms with Gasteiger partial charge in [0.2, 0.25) is 0 Å². The van der Waals surface area contributed by atoms with Crippen molar-refractivity contribution in [3.8, 4) is 0 Å².